The second-order valence-electron chi connectivity index (χ2n) is 5.96. The predicted molar refractivity (Wildman–Crippen MR) is 90.3 cm³/mol. The van der Waals surface area contributed by atoms with Gasteiger partial charge in [-0.25, -0.2) is 9.37 Å². The van der Waals surface area contributed by atoms with E-state index >= 15 is 0 Å². The van der Waals surface area contributed by atoms with E-state index in [-0.39, 0.29) is 24.9 Å². The van der Waals surface area contributed by atoms with Gasteiger partial charge < -0.3 is 19.9 Å². The Kier molecular flexibility index (Phi) is 5.31. The summed E-state index contributed by atoms with van der Waals surface area (Å²) in [6.07, 6.45) is 0.577. The van der Waals surface area contributed by atoms with E-state index in [0.29, 0.717) is 41.0 Å². The van der Waals surface area contributed by atoms with Crippen LogP contribution >= 0.6 is 11.3 Å². The van der Waals surface area contributed by atoms with E-state index in [9.17, 15) is 14.3 Å². The maximum Gasteiger partial charge on any atom is 0.263 e. The molecule has 0 radical (unpaired) electrons. The van der Waals surface area contributed by atoms with E-state index in [1.54, 1.807) is 6.92 Å². The zero-order chi connectivity index (χ0) is 17.9. The molecule has 2 aromatic rings. The van der Waals surface area contributed by atoms with E-state index < -0.39 is 5.54 Å². The highest BCUT2D eigenvalue weighted by molar-refractivity contribution is 7.13. The Hall–Kier alpha value is -2.03. The Morgan fingerprint density at radius 1 is 1.48 bits per heavy atom. The van der Waals surface area contributed by atoms with Gasteiger partial charge in [0.25, 0.3) is 5.91 Å². The van der Waals surface area contributed by atoms with Crippen LogP contribution in [-0.4, -0.2) is 41.4 Å². The van der Waals surface area contributed by atoms with Gasteiger partial charge in [-0.15, -0.1) is 11.3 Å². The van der Waals surface area contributed by atoms with Crippen LogP contribution in [0.5, 0.6) is 5.75 Å². The molecule has 3 rings (SSSR count). The minimum atomic E-state index is -0.724. The van der Waals surface area contributed by atoms with Crippen molar-refractivity contribution in [2.75, 3.05) is 19.8 Å². The fourth-order valence-electron chi connectivity index (χ4n) is 2.57. The zero-order valence-corrected chi connectivity index (χ0v) is 14.6. The van der Waals surface area contributed by atoms with E-state index in [1.165, 1.54) is 35.6 Å². The second kappa shape index (κ2) is 7.47. The molecule has 1 fully saturated rings. The highest BCUT2D eigenvalue weighted by atomic mass is 32.1. The Morgan fingerprint density at radius 3 is 2.88 bits per heavy atom. The number of hydrogen-bond donors (Lipinski definition) is 2. The van der Waals surface area contributed by atoms with Gasteiger partial charge in [0.1, 0.15) is 28.1 Å². The van der Waals surface area contributed by atoms with Crippen molar-refractivity contribution in [3.63, 3.8) is 0 Å². The molecule has 134 valence electrons. The smallest absolute Gasteiger partial charge is 0.263 e. The number of nitrogens with one attached hydrogen (secondary N) is 1. The standard InChI is InChI=1S/C17H19FN2O4S/c1-11-15(16(22)20-17(9-21)6-7-23-10-17)25-14(19-11)8-24-13-4-2-12(18)3-5-13/h2-5,21H,6-10H2,1H3,(H,20,22). The molecular formula is C17H19FN2O4S. The van der Waals surface area contributed by atoms with Crippen LogP contribution in [0.25, 0.3) is 0 Å². The maximum atomic E-state index is 12.9. The van der Waals surface area contributed by atoms with E-state index in [1.807, 2.05) is 0 Å². The number of benzene rings is 1. The summed E-state index contributed by atoms with van der Waals surface area (Å²) in [5.41, 5.74) is -0.120. The molecule has 6 nitrogen and oxygen atoms in total. The topological polar surface area (TPSA) is 80.7 Å². The molecule has 25 heavy (non-hydrogen) atoms. The van der Waals surface area contributed by atoms with Crippen molar-refractivity contribution in [1.82, 2.24) is 10.3 Å². The van der Waals surface area contributed by atoms with Crippen molar-refractivity contribution in [1.29, 1.82) is 0 Å². The summed E-state index contributed by atoms with van der Waals surface area (Å²) < 4.78 is 23.7. The number of amides is 1. The molecule has 1 amide bonds. The summed E-state index contributed by atoms with van der Waals surface area (Å²) in [7, 11) is 0. The molecule has 0 bridgehead atoms. The average molecular weight is 366 g/mol. The van der Waals surface area contributed by atoms with E-state index in [4.69, 9.17) is 9.47 Å². The van der Waals surface area contributed by atoms with Crippen LogP contribution in [0.1, 0.15) is 26.8 Å². The quantitative estimate of drug-likeness (QED) is 0.818. The van der Waals surface area contributed by atoms with Crippen molar-refractivity contribution < 1.29 is 23.8 Å². The van der Waals surface area contributed by atoms with Crippen LogP contribution in [0.2, 0.25) is 0 Å². The highest BCUT2D eigenvalue weighted by Gasteiger charge is 2.36. The molecular weight excluding hydrogens is 347 g/mol. The third-order valence-electron chi connectivity index (χ3n) is 4.01. The van der Waals surface area contributed by atoms with Crippen LogP contribution in [0.4, 0.5) is 4.39 Å². The number of aryl methyl sites for hydroxylation is 1. The SMILES string of the molecule is Cc1nc(COc2ccc(F)cc2)sc1C(=O)NC1(CO)CCOC1. The highest BCUT2D eigenvalue weighted by Crippen LogP contribution is 2.23. The maximum absolute atomic E-state index is 12.9. The van der Waals surface area contributed by atoms with Gasteiger partial charge >= 0.3 is 0 Å². The monoisotopic (exact) mass is 366 g/mol. The summed E-state index contributed by atoms with van der Waals surface area (Å²) in [5.74, 6) is -0.0738. The second-order valence-corrected chi connectivity index (χ2v) is 7.04. The van der Waals surface area contributed by atoms with Crippen molar-refractivity contribution in [3.8, 4) is 5.75 Å². The van der Waals surface area contributed by atoms with Gasteiger partial charge in [0.05, 0.1) is 24.4 Å². The molecule has 1 aromatic heterocycles. The molecule has 0 aliphatic carbocycles. The Morgan fingerprint density at radius 2 is 2.24 bits per heavy atom. The van der Waals surface area contributed by atoms with Gasteiger partial charge in [-0.2, -0.15) is 0 Å². The molecule has 0 spiro atoms. The summed E-state index contributed by atoms with van der Waals surface area (Å²) in [6, 6.07) is 5.71. The normalized spacial score (nSPS) is 19.8. The summed E-state index contributed by atoms with van der Waals surface area (Å²) >= 11 is 1.24. The zero-order valence-electron chi connectivity index (χ0n) is 13.8. The third kappa shape index (κ3) is 4.15. The largest absolute Gasteiger partial charge is 0.486 e. The predicted octanol–water partition coefficient (Wildman–Crippen LogP) is 2.05. The third-order valence-corrected chi connectivity index (χ3v) is 5.14. The van der Waals surface area contributed by atoms with Crippen molar-refractivity contribution in [3.05, 3.63) is 45.7 Å². The molecule has 1 atom stereocenters. The summed E-state index contributed by atoms with van der Waals surface area (Å²) in [6.45, 7) is 2.59. The van der Waals surface area contributed by atoms with E-state index in [2.05, 4.69) is 10.3 Å². The van der Waals surface area contributed by atoms with Crippen LogP contribution in [0.15, 0.2) is 24.3 Å². The Balaban J connectivity index is 1.65. The first-order valence-corrected chi connectivity index (χ1v) is 8.69. The lowest BCUT2D eigenvalue weighted by Gasteiger charge is -2.25. The van der Waals surface area contributed by atoms with Crippen LogP contribution < -0.4 is 10.1 Å². The summed E-state index contributed by atoms with van der Waals surface area (Å²) in [5, 5.41) is 13.1. The first-order chi connectivity index (χ1) is 12.0. The van der Waals surface area contributed by atoms with Crippen LogP contribution in [-0.2, 0) is 11.3 Å². The number of aliphatic hydroxyl groups excluding tert-OH is 1. The molecule has 1 aliphatic rings. The van der Waals surface area contributed by atoms with Gasteiger partial charge in [-0.3, -0.25) is 4.79 Å². The average Bonchev–Trinajstić information content (AvgIpc) is 3.21. The first kappa shape index (κ1) is 17.8. The fourth-order valence-corrected chi connectivity index (χ4v) is 3.44. The van der Waals surface area contributed by atoms with Crippen LogP contribution in [0, 0.1) is 12.7 Å². The van der Waals surface area contributed by atoms with Crippen LogP contribution in [0.3, 0.4) is 0 Å². The minimum absolute atomic E-state index is 0.170. The molecule has 1 unspecified atom stereocenters. The number of rotatable bonds is 6. The first-order valence-electron chi connectivity index (χ1n) is 7.87. The van der Waals surface area contributed by atoms with Crippen molar-refractivity contribution in [2.24, 2.45) is 0 Å². The number of aromatic nitrogens is 1. The lowest BCUT2D eigenvalue weighted by Crippen LogP contribution is -2.51. The molecule has 8 heteroatoms. The number of aliphatic hydroxyl groups is 1. The van der Waals surface area contributed by atoms with Gasteiger partial charge in [0.2, 0.25) is 0 Å². The van der Waals surface area contributed by atoms with Crippen molar-refractivity contribution >= 4 is 17.2 Å². The molecule has 1 aromatic carbocycles. The van der Waals surface area contributed by atoms with Gasteiger partial charge in [0.15, 0.2) is 0 Å². The molecule has 1 saturated heterocycles. The molecule has 0 saturated carbocycles. The molecule has 1 aliphatic heterocycles. The number of nitrogens with zero attached hydrogens (tertiary/aromatic N) is 1. The van der Waals surface area contributed by atoms with Crippen molar-refractivity contribution in [2.45, 2.75) is 25.5 Å². The Labute approximate surface area is 148 Å². The minimum Gasteiger partial charge on any atom is -0.486 e. The number of halogens is 1. The molecule has 2 N–H and O–H groups in total. The number of carbonyl (C=O) groups excluding carboxylic acids is 1. The van der Waals surface area contributed by atoms with Gasteiger partial charge in [-0.1, -0.05) is 0 Å². The van der Waals surface area contributed by atoms with Gasteiger partial charge in [0, 0.05) is 6.61 Å². The molecule has 2 heterocycles. The van der Waals surface area contributed by atoms with E-state index in [0.717, 1.165) is 0 Å². The van der Waals surface area contributed by atoms with Gasteiger partial charge in [-0.05, 0) is 37.6 Å². The summed E-state index contributed by atoms with van der Waals surface area (Å²) in [4.78, 5) is 17.4. The lowest BCUT2D eigenvalue weighted by atomic mass is 10.00. The number of hydrogen-bond acceptors (Lipinski definition) is 6. The Bertz CT molecular complexity index is 742. The lowest BCUT2D eigenvalue weighted by molar-refractivity contribution is 0.0792. The fraction of sp³-hybridized carbons (Fsp3) is 0.412. The number of ether oxygens (including phenoxy) is 2. The number of thiazole rings is 1. The number of carbonyl (C=O) groups is 1.